The number of nitrogens with one attached hydrogen (secondary N) is 2. The molecule has 0 atom stereocenters. The number of carbonyl (C=O) groups excluding carboxylic acids is 2. The van der Waals surface area contributed by atoms with E-state index in [2.05, 4.69) is 14.7 Å². The number of methoxy groups -OCH3 is 1. The lowest BCUT2D eigenvalue weighted by Gasteiger charge is -2.14. The number of pyridine rings is 2. The summed E-state index contributed by atoms with van der Waals surface area (Å²) in [7, 11) is -3.68. The molecule has 13 heteroatoms. The standard InChI is InChI=1S/C21H21FN4O7S/c1-11(2)33-25-21(29)34(30,31)26-19-15-9-13(8-12-4-6-14(22)7-5-12)10-23-16(15)18(27)17(24-19)20(28)32-3/h4-7,9-11,27H,8H2,1-3H3,(H,24,26)(H,25,29). The molecule has 11 nitrogen and oxygen atoms in total. The molecule has 0 fully saturated rings. The smallest absolute Gasteiger partial charge is 0.380 e. The van der Waals surface area contributed by atoms with Crippen LogP contribution < -0.4 is 10.2 Å². The summed E-state index contributed by atoms with van der Waals surface area (Å²) in [6, 6.07) is 7.19. The van der Waals surface area contributed by atoms with E-state index >= 15 is 0 Å². The first-order valence-corrected chi connectivity index (χ1v) is 11.3. The second-order valence-electron chi connectivity index (χ2n) is 7.35. The second-order valence-corrected chi connectivity index (χ2v) is 8.94. The number of fused-ring (bicyclic) bond motifs is 1. The monoisotopic (exact) mass is 492 g/mol. The Morgan fingerprint density at radius 3 is 2.47 bits per heavy atom. The van der Waals surface area contributed by atoms with Crippen LogP contribution in [0.3, 0.4) is 0 Å². The molecule has 3 N–H and O–H groups in total. The van der Waals surface area contributed by atoms with E-state index < -0.39 is 50.4 Å². The van der Waals surface area contributed by atoms with Crippen LogP contribution in [-0.4, -0.2) is 47.9 Å². The van der Waals surface area contributed by atoms with E-state index in [1.807, 2.05) is 4.72 Å². The lowest BCUT2D eigenvalue weighted by atomic mass is 10.0. The second kappa shape index (κ2) is 9.97. The van der Waals surface area contributed by atoms with Gasteiger partial charge in [0.2, 0.25) is 0 Å². The molecule has 0 aliphatic heterocycles. The zero-order valence-corrected chi connectivity index (χ0v) is 19.1. The summed E-state index contributed by atoms with van der Waals surface area (Å²) in [6.07, 6.45) is 1.20. The number of rotatable bonds is 7. The number of anilines is 1. The molecule has 180 valence electrons. The number of hydrogen-bond donors (Lipinski definition) is 3. The van der Waals surface area contributed by atoms with Gasteiger partial charge in [-0.2, -0.15) is 8.42 Å². The molecule has 3 aromatic rings. The third-order valence-corrected chi connectivity index (χ3v) is 5.46. The molecule has 1 amide bonds. The van der Waals surface area contributed by atoms with Gasteiger partial charge in [-0.05, 0) is 49.6 Å². The summed E-state index contributed by atoms with van der Waals surface area (Å²) >= 11 is 0. The SMILES string of the molecule is COC(=O)c1nc(NS(=O)(=O)C(=O)NOC(C)C)c2cc(Cc3ccc(F)cc3)cnc2c1O. The summed E-state index contributed by atoms with van der Waals surface area (Å²) in [4.78, 5) is 37.0. The van der Waals surface area contributed by atoms with E-state index in [1.54, 1.807) is 31.5 Å². The van der Waals surface area contributed by atoms with Crippen LogP contribution in [0.15, 0.2) is 36.5 Å². The van der Waals surface area contributed by atoms with Gasteiger partial charge in [0.05, 0.1) is 13.2 Å². The van der Waals surface area contributed by atoms with E-state index in [0.717, 1.165) is 12.7 Å². The molecule has 2 heterocycles. The molecule has 0 aliphatic rings. The van der Waals surface area contributed by atoms with Crippen molar-refractivity contribution in [3.05, 3.63) is 59.2 Å². The molecule has 34 heavy (non-hydrogen) atoms. The lowest BCUT2D eigenvalue weighted by Crippen LogP contribution is -2.35. The Morgan fingerprint density at radius 1 is 1.18 bits per heavy atom. The molecule has 0 spiro atoms. The summed E-state index contributed by atoms with van der Waals surface area (Å²) in [5, 5.41) is 9.00. The van der Waals surface area contributed by atoms with Crippen molar-refractivity contribution in [3.8, 4) is 5.75 Å². The zero-order chi connectivity index (χ0) is 25.0. The first-order valence-electron chi connectivity index (χ1n) is 9.84. The van der Waals surface area contributed by atoms with Crippen molar-refractivity contribution in [2.75, 3.05) is 11.8 Å². The van der Waals surface area contributed by atoms with Gasteiger partial charge in [-0.1, -0.05) is 12.1 Å². The van der Waals surface area contributed by atoms with Crippen molar-refractivity contribution in [2.45, 2.75) is 26.4 Å². The van der Waals surface area contributed by atoms with Crippen molar-refractivity contribution < 1.29 is 37.1 Å². The minimum absolute atomic E-state index is 0.00548. The number of hydroxylamine groups is 1. The van der Waals surface area contributed by atoms with Crippen molar-refractivity contribution >= 4 is 38.0 Å². The number of hydrogen-bond acceptors (Lipinski definition) is 9. The number of ether oxygens (including phenoxy) is 1. The minimum Gasteiger partial charge on any atom is -0.504 e. The van der Waals surface area contributed by atoms with E-state index in [-0.39, 0.29) is 17.3 Å². The third kappa shape index (κ3) is 5.55. The van der Waals surface area contributed by atoms with Crippen LogP contribution in [0.1, 0.15) is 35.5 Å². The molecular weight excluding hydrogens is 471 g/mol. The summed E-state index contributed by atoms with van der Waals surface area (Å²) in [5.41, 5.74) is 2.32. The molecule has 0 saturated heterocycles. The fraction of sp³-hybridized carbons (Fsp3) is 0.238. The Bertz CT molecular complexity index is 1350. The van der Waals surface area contributed by atoms with Gasteiger partial charge in [-0.3, -0.25) is 19.3 Å². The molecule has 0 unspecified atom stereocenters. The molecular formula is C21H21FN4O7S. The Hall–Kier alpha value is -3.84. The number of carbonyl (C=O) groups is 2. The normalized spacial score (nSPS) is 11.4. The maximum absolute atomic E-state index is 13.2. The Kier molecular flexibility index (Phi) is 7.27. The number of aromatic nitrogens is 2. The van der Waals surface area contributed by atoms with Crippen molar-refractivity contribution in [3.63, 3.8) is 0 Å². The van der Waals surface area contributed by atoms with Crippen molar-refractivity contribution in [2.24, 2.45) is 0 Å². The van der Waals surface area contributed by atoms with Crippen LogP contribution in [0.5, 0.6) is 5.75 Å². The van der Waals surface area contributed by atoms with Crippen LogP contribution in [0.25, 0.3) is 10.9 Å². The number of sulfonamides is 1. The van der Waals surface area contributed by atoms with Gasteiger partial charge in [0.25, 0.3) is 0 Å². The molecule has 0 radical (unpaired) electrons. The fourth-order valence-electron chi connectivity index (χ4n) is 2.86. The predicted octanol–water partition coefficient (Wildman–Crippen LogP) is 2.64. The topological polar surface area (TPSA) is 157 Å². The van der Waals surface area contributed by atoms with Gasteiger partial charge >= 0.3 is 21.2 Å². The van der Waals surface area contributed by atoms with Gasteiger partial charge in [0, 0.05) is 11.6 Å². The average molecular weight is 492 g/mol. The van der Waals surface area contributed by atoms with Crippen LogP contribution in [0, 0.1) is 5.82 Å². The maximum atomic E-state index is 13.2. The van der Waals surface area contributed by atoms with Crippen molar-refractivity contribution in [1.29, 1.82) is 0 Å². The number of aromatic hydroxyl groups is 1. The number of benzene rings is 1. The third-order valence-electron chi connectivity index (χ3n) is 4.42. The lowest BCUT2D eigenvalue weighted by molar-refractivity contribution is 0.0227. The molecule has 1 aromatic carbocycles. The highest BCUT2D eigenvalue weighted by Gasteiger charge is 2.27. The van der Waals surface area contributed by atoms with Gasteiger partial charge in [-0.15, -0.1) is 0 Å². The fourth-order valence-corrected chi connectivity index (χ4v) is 3.52. The number of nitrogens with zero attached hydrogens (tertiary/aromatic N) is 2. The largest absolute Gasteiger partial charge is 0.504 e. The average Bonchev–Trinajstić information content (AvgIpc) is 2.80. The van der Waals surface area contributed by atoms with E-state index in [9.17, 15) is 27.5 Å². The Balaban J connectivity index is 2.08. The van der Waals surface area contributed by atoms with Crippen molar-refractivity contribution in [1.82, 2.24) is 15.4 Å². The van der Waals surface area contributed by atoms with Crippen LogP contribution in [0.2, 0.25) is 0 Å². The summed E-state index contributed by atoms with van der Waals surface area (Å²) in [6.45, 7) is 3.15. The van der Waals surface area contributed by atoms with E-state index in [1.165, 1.54) is 24.4 Å². The quantitative estimate of drug-likeness (QED) is 0.333. The van der Waals surface area contributed by atoms with E-state index in [4.69, 9.17) is 4.84 Å². The predicted molar refractivity (Wildman–Crippen MR) is 119 cm³/mol. The van der Waals surface area contributed by atoms with Gasteiger partial charge in [-0.25, -0.2) is 19.6 Å². The first kappa shape index (κ1) is 24.8. The molecule has 0 bridgehead atoms. The zero-order valence-electron chi connectivity index (χ0n) is 18.3. The van der Waals surface area contributed by atoms with Gasteiger partial charge in [0.15, 0.2) is 17.3 Å². The molecule has 0 saturated carbocycles. The first-order chi connectivity index (χ1) is 16.0. The maximum Gasteiger partial charge on any atom is 0.380 e. The highest BCUT2D eigenvalue weighted by atomic mass is 32.2. The Morgan fingerprint density at radius 2 is 1.85 bits per heavy atom. The highest BCUT2D eigenvalue weighted by Crippen LogP contribution is 2.32. The number of amides is 1. The van der Waals surface area contributed by atoms with Crippen LogP contribution in [0.4, 0.5) is 15.0 Å². The van der Waals surface area contributed by atoms with Crippen LogP contribution >= 0.6 is 0 Å². The van der Waals surface area contributed by atoms with E-state index in [0.29, 0.717) is 5.56 Å². The van der Waals surface area contributed by atoms with Gasteiger partial charge in [0.1, 0.15) is 11.3 Å². The number of halogens is 1. The molecule has 0 aliphatic carbocycles. The number of esters is 1. The van der Waals surface area contributed by atoms with Crippen LogP contribution in [-0.2, 0) is 26.0 Å². The minimum atomic E-state index is -4.73. The Labute approximate surface area is 193 Å². The highest BCUT2D eigenvalue weighted by molar-refractivity contribution is 8.07. The van der Waals surface area contributed by atoms with Gasteiger partial charge < -0.3 is 9.84 Å². The molecule has 2 aromatic heterocycles. The molecule has 3 rings (SSSR count). The summed E-state index contributed by atoms with van der Waals surface area (Å²) < 4.78 is 44.8. The summed E-state index contributed by atoms with van der Waals surface area (Å²) in [5.74, 6) is -2.53.